The van der Waals surface area contributed by atoms with E-state index >= 15 is 0 Å². The monoisotopic (exact) mass is 169 g/mol. The second-order valence-electron chi connectivity index (χ2n) is 2.47. The van der Waals surface area contributed by atoms with Crippen LogP contribution in [0, 0.1) is 0 Å². The maximum atomic E-state index is 7.55. The van der Waals surface area contributed by atoms with Crippen LogP contribution in [0.25, 0.3) is 0 Å². The van der Waals surface area contributed by atoms with Gasteiger partial charge in [0.15, 0.2) is 0 Å². The van der Waals surface area contributed by atoms with Crippen molar-refractivity contribution in [2.45, 2.75) is 6.10 Å². The highest BCUT2D eigenvalue weighted by Crippen LogP contribution is 2.13. The van der Waals surface area contributed by atoms with Crippen molar-refractivity contribution in [1.29, 1.82) is 0 Å². The molecule has 0 spiro atoms. The van der Waals surface area contributed by atoms with E-state index in [1.54, 1.807) is 0 Å². The topological polar surface area (TPSA) is 57.4 Å². The first kappa shape index (κ1) is 4.67. The van der Waals surface area contributed by atoms with Crippen LogP contribution in [-0.4, -0.2) is 24.3 Å². The van der Waals surface area contributed by atoms with Gasteiger partial charge in [-0.3, -0.25) is 0 Å². The highest BCUT2D eigenvalue weighted by atomic mass is 16.6. The molecule has 0 bridgehead atoms. The average Bonchev–Trinajstić information content (AvgIpc) is 2.15. The number of pyridine rings is 1. The molecular weight excluding hydrogens is 156 g/mol. The summed E-state index contributed by atoms with van der Waals surface area (Å²) in [6, 6.07) is -0.402. The highest BCUT2D eigenvalue weighted by molar-refractivity contribution is 5.36. The molecule has 0 saturated carbocycles. The van der Waals surface area contributed by atoms with Crippen molar-refractivity contribution in [2.24, 2.45) is 0 Å². The summed E-state index contributed by atoms with van der Waals surface area (Å²) in [6.07, 6.45) is -0.365. The van der Waals surface area contributed by atoms with Gasteiger partial charge in [-0.15, -0.1) is 0 Å². The molecule has 2 N–H and O–H groups in total. The first-order valence-corrected chi connectivity index (χ1v) is 3.57. The van der Waals surface area contributed by atoms with Crippen molar-refractivity contribution >= 4 is 5.69 Å². The van der Waals surface area contributed by atoms with Gasteiger partial charge >= 0.3 is 0 Å². The molecule has 4 heteroatoms. The minimum Gasteiger partial charge on any atom is -0.469 e. The number of aromatic nitrogens is 1. The van der Waals surface area contributed by atoms with Gasteiger partial charge in [-0.05, 0) is 6.04 Å². The third-order valence-corrected chi connectivity index (χ3v) is 1.47. The molecule has 0 aliphatic carbocycles. The fraction of sp³-hybridized carbons (Fsp3) is 0.375. The van der Waals surface area contributed by atoms with Crippen molar-refractivity contribution in [3.8, 4) is 5.88 Å². The van der Waals surface area contributed by atoms with Gasteiger partial charge in [0.1, 0.15) is 6.10 Å². The summed E-state index contributed by atoms with van der Waals surface area (Å²) in [5, 5.41) is 0. The second-order valence-corrected chi connectivity index (χ2v) is 2.47. The molecule has 2 heterocycles. The molecule has 12 heavy (non-hydrogen) atoms. The van der Waals surface area contributed by atoms with Gasteiger partial charge in [-0.1, -0.05) is 0 Å². The summed E-state index contributed by atoms with van der Waals surface area (Å²) in [5.41, 5.74) is 5.29. The number of anilines is 1. The predicted molar refractivity (Wildman–Crippen MR) is 43.9 cm³/mol. The van der Waals surface area contributed by atoms with Crippen LogP contribution in [0.3, 0.4) is 0 Å². The van der Waals surface area contributed by atoms with Crippen molar-refractivity contribution < 1.29 is 13.6 Å². The molecule has 1 aromatic heterocycles. The van der Waals surface area contributed by atoms with Gasteiger partial charge in [0.05, 0.1) is 29.2 Å². The quantitative estimate of drug-likeness (QED) is 0.698. The summed E-state index contributed by atoms with van der Waals surface area (Å²) >= 11 is 0. The summed E-state index contributed by atoms with van der Waals surface area (Å²) in [6.45, 7) is 0.901. The molecule has 0 aromatic carbocycles. The van der Waals surface area contributed by atoms with E-state index < -0.39 is 0 Å². The first-order chi connectivity index (χ1) is 7.09. The van der Waals surface area contributed by atoms with E-state index in [0.717, 1.165) is 0 Å². The lowest BCUT2D eigenvalue weighted by molar-refractivity contribution is -0.0813. The lowest BCUT2D eigenvalue weighted by Crippen LogP contribution is -2.38. The minimum absolute atomic E-state index is 0.0208. The zero-order valence-electron chi connectivity index (χ0n) is 9.33. The second kappa shape index (κ2) is 2.98. The number of hydrogen-bond acceptors (Lipinski definition) is 4. The van der Waals surface area contributed by atoms with Crippen LogP contribution >= 0.6 is 0 Å². The number of hydrogen-bond donors (Lipinski definition) is 1. The Hall–Kier alpha value is -1.29. The van der Waals surface area contributed by atoms with Gasteiger partial charge in [-0.2, -0.15) is 0 Å². The zero-order valence-corrected chi connectivity index (χ0v) is 6.33. The van der Waals surface area contributed by atoms with Crippen LogP contribution in [0.2, 0.25) is 0 Å². The van der Waals surface area contributed by atoms with E-state index in [1.807, 2.05) is 0 Å². The van der Waals surface area contributed by atoms with Crippen LogP contribution in [0.5, 0.6) is 5.88 Å². The Morgan fingerprint density at radius 2 is 2.50 bits per heavy atom. The largest absolute Gasteiger partial charge is 0.469 e. The molecule has 0 atom stereocenters. The van der Waals surface area contributed by atoms with Gasteiger partial charge in [0.25, 0.3) is 0 Å². The Labute approximate surface area is 74.5 Å². The van der Waals surface area contributed by atoms with Crippen molar-refractivity contribution in [2.75, 3.05) is 18.9 Å². The predicted octanol–water partition coefficient (Wildman–Crippen LogP) is 0.441. The number of nitrogens with two attached hydrogens (primary N) is 1. The molecule has 1 aliphatic heterocycles. The van der Waals surface area contributed by atoms with Gasteiger partial charge in [0.2, 0.25) is 5.88 Å². The van der Waals surface area contributed by atoms with Crippen LogP contribution in [-0.2, 0) is 4.74 Å². The average molecular weight is 169 g/mol. The molecule has 0 amide bonds. The Kier molecular flexibility index (Phi) is 1.16. The summed E-state index contributed by atoms with van der Waals surface area (Å²) in [5.74, 6) is -0.0208. The third-order valence-electron chi connectivity index (χ3n) is 1.47. The molecule has 0 unspecified atom stereocenters. The van der Waals surface area contributed by atoms with Crippen molar-refractivity contribution in [1.82, 2.24) is 4.98 Å². The third kappa shape index (κ3) is 1.48. The molecule has 1 aromatic rings. The van der Waals surface area contributed by atoms with Crippen LogP contribution < -0.4 is 10.5 Å². The van der Waals surface area contributed by atoms with E-state index in [0.29, 0.717) is 13.2 Å². The van der Waals surface area contributed by atoms with Crippen LogP contribution in [0.4, 0.5) is 5.69 Å². The van der Waals surface area contributed by atoms with E-state index in [4.69, 9.17) is 19.3 Å². The molecule has 2 rings (SSSR count). The molecule has 64 valence electrons. The van der Waals surface area contributed by atoms with Gasteiger partial charge in [-0.25, -0.2) is 4.98 Å². The van der Waals surface area contributed by atoms with Gasteiger partial charge in [0, 0.05) is 6.04 Å². The first-order valence-electron chi connectivity index (χ1n) is 5.07. The van der Waals surface area contributed by atoms with E-state index in [1.165, 1.54) is 0 Å². The molecule has 1 saturated heterocycles. The Bertz CT molecular complexity index is 396. The smallest absolute Gasteiger partial charge is 0.213 e. The lowest BCUT2D eigenvalue weighted by atomic mass is 10.3. The maximum Gasteiger partial charge on any atom is 0.213 e. The molecular formula is C8H10N2O2. The minimum atomic E-state index is -0.230. The summed E-state index contributed by atoms with van der Waals surface area (Å²) in [7, 11) is 0. The molecule has 0 radical (unpaired) electrons. The summed E-state index contributed by atoms with van der Waals surface area (Å²) < 4.78 is 32.6. The zero-order chi connectivity index (χ0) is 11.0. The SMILES string of the molecule is [2H]c1nc(OC2COC2)c([2H])c([2H])c1N. The molecule has 1 fully saturated rings. The fourth-order valence-corrected chi connectivity index (χ4v) is 0.784. The number of rotatable bonds is 2. The number of nitrogens with zero attached hydrogens (tertiary/aromatic N) is 1. The van der Waals surface area contributed by atoms with Crippen LogP contribution in [0.1, 0.15) is 4.11 Å². The fourth-order valence-electron chi connectivity index (χ4n) is 0.784. The standard InChI is InChI=1S/C8H10N2O2/c9-6-1-2-8(10-3-6)12-7-4-11-5-7/h1-3,7H,4-5,9H2/i1D,2D,3D. The maximum absolute atomic E-state index is 7.55. The lowest BCUT2D eigenvalue weighted by Gasteiger charge is -2.25. The van der Waals surface area contributed by atoms with E-state index in [9.17, 15) is 0 Å². The van der Waals surface area contributed by atoms with Crippen LogP contribution in [0.15, 0.2) is 18.3 Å². The Balaban J connectivity index is 2.30. The van der Waals surface area contributed by atoms with Gasteiger partial charge < -0.3 is 15.2 Å². The molecule has 1 aliphatic rings. The number of nitrogen functional groups attached to an aromatic ring is 1. The summed E-state index contributed by atoms with van der Waals surface area (Å²) in [4.78, 5) is 3.71. The number of ether oxygens (including phenoxy) is 2. The van der Waals surface area contributed by atoms with Crippen molar-refractivity contribution in [3.05, 3.63) is 18.3 Å². The Morgan fingerprint density at radius 1 is 1.67 bits per heavy atom. The normalized spacial score (nSPS) is 20.5. The molecule has 4 nitrogen and oxygen atoms in total. The van der Waals surface area contributed by atoms with E-state index in [2.05, 4.69) is 4.98 Å². The van der Waals surface area contributed by atoms with Crippen molar-refractivity contribution in [3.63, 3.8) is 0 Å². The highest BCUT2D eigenvalue weighted by Gasteiger charge is 2.20. The van der Waals surface area contributed by atoms with E-state index in [-0.39, 0.29) is 35.9 Å². The Morgan fingerprint density at radius 3 is 3.17 bits per heavy atom.